The first kappa shape index (κ1) is 10.2. The molecule has 82 valence electrons. The van der Waals surface area contributed by atoms with E-state index < -0.39 is 5.97 Å². The molecule has 0 aliphatic heterocycles. The third kappa shape index (κ3) is 2.03. The average Bonchev–Trinajstić information content (AvgIpc) is 2.66. The number of nitrogens with two attached hydrogens (primary N) is 1. The van der Waals surface area contributed by atoms with Crippen molar-refractivity contribution < 1.29 is 9.90 Å². The second kappa shape index (κ2) is 4.06. The smallest absolute Gasteiger partial charge is 0.372 e. The van der Waals surface area contributed by atoms with E-state index >= 15 is 0 Å². The summed E-state index contributed by atoms with van der Waals surface area (Å²) in [5.74, 6) is -1.00. The molecule has 2 rings (SSSR count). The Morgan fingerprint density at radius 2 is 2.31 bits per heavy atom. The Kier molecular flexibility index (Phi) is 2.59. The number of nitrogens with zero attached hydrogens (tertiary/aromatic N) is 2. The summed E-state index contributed by atoms with van der Waals surface area (Å²) >= 11 is 0. The van der Waals surface area contributed by atoms with E-state index in [1.54, 1.807) is 16.8 Å². The van der Waals surface area contributed by atoms with Crippen molar-refractivity contribution in [2.24, 2.45) is 0 Å². The second-order valence-electron chi connectivity index (χ2n) is 3.43. The molecular formula is C11H11N3O2. The molecule has 1 heterocycles. The topological polar surface area (TPSA) is 81.1 Å². The van der Waals surface area contributed by atoms with E-state index in [1.165, 1.54) is 6.20 Å². The van der Waals surface area contributed by atoms with Crippen molar-refractivity contribution in [3.63, 3.8) is 0 Å². The van der Waals surface area contributed by atoms with Gasteiger partial charge in [0.15, 0.2) is 0 Å². The minimum atomic E-state index is -1.03. The summed E-state index contributed by atoms with van der Waals surface area (Å²) in [6.45, 7) is 0.451. The molecule has 0 aliphatic rings. The molecular weight excluding hydrogens is 206 g/mol. The Bertz CT molecular complexity index is 519. The van der Waals surface area contributed by atoms with Gasteiger partial charge in [0.25, 0.3) is 0 Å². The van der Waals surface area contributed by atoms with Gasteiger partial charge in [0.1, 0.15) is 0 Å². The van der Waals surface area contributed by atoms with Gasteiger partial charge >= 0.3 is 5.97 Å². The molecule has 0 amide bonds. The number of carboxylic acids is 1. The lowest BCUT2D eigenvalue weighted by molar-refractivity contribution is 0.0679. The van der Waals surface area contributed by atoms with Crippen LogP contribution in [0.2, 0.25) is 0 Å². The Morgan fingerprint density at radius 1 is 1.50 bits per heavy atom. The van der Waals surface area contributed by atoms with Gasteiger partial charge in [-0.05, 0) is 17.7 Å². The van der Waals surface area contributed by atoms with Gasteiger partial charge in [-0.25, -0.2) is 9.78 Å². The van der Waals surface area contributed by atoms with Gasteiger partial charge in [-0.2, -0.15) is 0 Å². The Morgan fingerprint density at radius 3 is 3.00 bits per heavy atom. The highest BCUT2D eigenvalue weighted by Crippen LogP contribution is 2.09. The van der Waals surface area contributed by atoms with Crippen molar-refractivity contribution in [3.05, 3.63) is 48.0 Å². The lowest BCUT2D eigenvalue weighted by atomic mass is 10.2. The maximum Gasteiger partial charge on any atom is 0.372 e. The lowest BCUT2D eigenvalue weighted by Gasteiger charge is -2.05. The molecule has 0 fully saturated rings. The number of anilines is 1. The zero-order chi connectivity index (χ0) is 11.5. The van der Waals surface area contributed by atoms with Crippen molar-refractivity contribution in [2.75, 3.05) is 5.73 Å². The fraction of sp³-hybridized carbons (Fsp3) is 0.0909. The van der Waals surface area contributed by atoms with Crippen LogP contribution in [0.25, 0.3) is 0 Å². The molecule has 0 aliphatic carbocycles. The second-order valence-corrected chi connectivity index (χ2v) is 3.43. The van der Waals surface area contributed by atoms with Crippen LogP contribution >= 0.6 is 0 Å². The fourth-order valence-electron chi connectivity index (χ4n) is 1.52. The van der Waals surface area contributed by atoms with Crippen LogP contribution < -0.4 is 5.73 Å². The summed E-state index contributed by atoms with van der Waals surface area (Å²) < 4.78 is 1.57. The number of hydrogen-bond donors (Lipinski definition) is 2. The first-order valence-electron chi connectivity index (χ1n) is 4.75. The molecule has 2 aromatic rings. The highest BCUT2D eigenvalue weighted by molar-refractivity contribution is 5.83. The van der Waals surface area contributed by atoms with E-state index in [2.05, 4.69) is 4.98 Å². The molecule has 1 aromatic heterocycles. The summed E-state index contributed by atoms with van der Waals surface area (Å²) in [6.07, 6.45) is 3.10. The number of imidazole rings is 1. The van der Waals surface area contributed by atoms with Crippen LogP contribution in [0.3, 0.4) is 0 Å². The summed E-state index contributed by atoms with van der Waals surface area (Å²) in [4.78, 5) is 14.6. The maximum absolute atomic E-state index is 10.8. The molecule has 0 spiro atoms. The van der Waals surface area contributed by atoms with Gasteiger partial charge in [-0.3, -0.25) is 0 Å². The van der Waals surface area contributed by atoms with Gasteiger partial charge < -0.3 is 15.4 Å². The third-order valence-corrected chi connectivity index (χ3v) is 2.21. The van der Waals surface area contributed by atoms with Gasteiger partial charge in [-0.1, -0.05) is 12.1 Å². The minimum absolute atomic E-state index is 0.0300. The van der Waals surface area contributed by atoms with Crippen LogP contribution in [-0.2, 0) is 6.54 Å². The standard InChI is InChI=1S/C11H11N3O2/c12-9-3-1-2-8(6-9)7-14-5-4-13-10(14)11(15)16/h1-6H,7,12H2,(H,15,16). The molecule has 1 aromatic carbocycles. The minimum Gasteiger partial charge on any atom is -0.475 e. The van der Waals surface area contributed by atoms with Crippen molar-refractivity contribution in [2.45, 2.75) is 6.54 Å². The highest BCUT2D eigenvalue weighted by Gasteiger charge is 2.10. The predicted molar refractivity (Wildman–Crippen MR) is 59.1 cm³/mol. The molecule has 0 radical (unpaired) electrons. The molecule has 0 bridgehead atoms. The van der Waals surface area contributed by atoms with Crippen LogP contribution in [0, 0.1) is 0 Å². The number of hydrogen-bond acceptors (Lipinski definition) is 3. The van der Waals surface area contributed by atoms with Crippen molar-refractivity contribution >= 4 is 11.7 Å². The van der Waals surface area contributed by atoms with Crippen molar-refractivity contribution in [1.82, 2.24) is 9.55 Å². The Balaban J connectivity index is 2.27. The van der Waals surface area contributed by atoms with Crippen LogP contribution in [0.15, 0.2) is 36.7 Å². The van der Waals surface area contributed by atoms with Gasteiger partial charge in [0.2, 0.25) is 5.82 Å². The Labute approximate surface area is 92.2 Å². The van der Waals surface area contributed by atoms with E-state index in [0.717, 1.165) is 5.56 Å². The van der Waals surface area contributed by atoms with E-state index in [0.29, 0.717) is 12.2 Å². The zero-order valence-corrected chi connectivity index (χ0v) is 8.50. The molecule has 0 saturated carbocycles. The van der Waals surface area contributed by atoms with Gasteiger partial charge in [-0.15, -0.1) is 0 Å². The maximum atomic E-state index is 10.8. The number of aromatic carboxylic acids is 1. The first-order valence-corrected chi connectivity index (χ1v) is 4.75. The number of rotatable bonds is 3. The molecule has 0 unspecified atom stereocenters. The summed E-state index contributed by atoms with van der Waals surface area (Å²) in [5.41, 5.74) is 7.25. The van der Waals surface area contributed by atoms with Crippen LogP contribution in [-0.4, -0.2) is 20.6 Å². The van der Waals surface area contributed by atoms with Crippen LogP contribution in [0.4, 0.5) is 5.69 Å². The summed E-state index contributed by atoms with van der Waals surface area (Å²) in [6, 6.07) is 7.32. The van der Waals surface area contributed by atoms with Crippen LogP contribution in [0.5, 0.6) is 0 Å². The number of carbonyl (C=O) groups is 1. The summed E-state index contributed by atoms with van der Waals surface area (Å²) in [5, 5.41) is 8.88. The normalized spacial score (nSPS) is 10.2. The van der Waals surface area contributed by atoms with E-state index in [-0.39, 0.29) is 5.82 Å². The number of nitrogen functional groups attached to an aromatic ring is 1. The quantitative estimate of drug-likeness (QED) is 0.757. The molecule has 5 nitrogen and oxygen atoms in total. The third-order valence-electron chi connectivity index (χ3n) is 2.21. The van der Waals surface area contributed by atoms with Crippen molar-refractivity contribution in [1.29, 1.82) is 0 Å². The molecule has 5 heteroatoms. The molecule has 16 heavy (non-hydrogen) atoms. The zero-order valence-electron chi connectivity index (χ0n) is 8.50. The number of carboxylic acid groups (broad SMARTS) is 1. The number of aromatic nitrogens is 2. The van der Waals surface area contributed by atoms with E-state index in [4.69, 9.17) is 10.8 Å². The highest BCUT2D eigenvalue weighted by atomic mass is 16.4. The molecule has 0 saturated heterocycles. The van der Waals surface area contributed by atoms with Gasteiger partial charge in [0.05, 0.1) is 0 Å². The average molecular weight is 217 g/mol. The largest absolute Gasteiger partial charge is 0.475 e. The Hall–Kier alpha value is -2.30. The van der Waals surface area contributed by atoms with E-state index in [1.807, 2.05) is 18.2 Å². The summed E-state index contributed by atoms with van der Waals surface area (Å²) in [7, 11) is 0. The van der Waals surface area contributed by atoms with E-state index in [9.17, 15) is 4.79 Å². The van der Waals surface area contributed by atoms with Crippen LogP contribution in [0.1, 0.15) is 16.2 Å². The number of benzene rings is 1. The van der Waals surface area contributed by atoms with Gasteiger partial charge in [0, 0.05) is 24.6 Å². The molecule has 0 atom stereocenters. The SMILES string of the molecule is Nc1cccc(Cn2ccnc2C(=O)O)c1. The monoisotopic (exact) mass is 217 g/mol. The fourth-order valence-corrected chi connectivity index (χ4v) is 1.52. The first-order chi connectivity index (χ1) is 7.66. The lowest BCUT2D eigenvalue weighted by Crippen LogP contribution is -2.10. The predicted octanol–water partition coefficient (Wildman–Crippen LogP) is 1.21. The van der Waals surface area contributed by atoms with Crippen molar-refractivity contribution in [3.8, 4) is 0 Å². The molecule has 3 N–H and O–H groups in total.